The summed E-state index contributed by atoms with van der Waals surface area (Å²) < 4.78 is 0. The second-order valence-electron chi connectivity index (χ2n) is 7.43. The van der Waals surface area contributed by atoms with Crippen LogP contribution in [0.15, 0.2) is 54.6 Å². The van der Waals surface area contributed by atoms with Crippen molar-refractivity contribution in [3.8, 4) is 5.75 Å². The summed E-state index contributed by atoms with van der Waals surface area (Å²) in [6, 6.07) is 15.1. The van der Waals surface area contributed by atoms with E-state index >= 15 is 0 Å². The number of para-hydroxylation sites is 1. The molecule has 1 aliphatic heterocycles. The van der Waals surface area contributed by atoms with Crippen LogP contribution in [0.5, 0.6) is 5.75 Å². The second kappa shape index (κ2) is 8.40. The van der Waals surface area contributed by atoms with E-state index in [0.29, 0.717) is 5.92 Å². The van der Waals surface area contributed by atoms with Crippen molar-refractivity contribution in [2.45, 2.75) is 39.2 Å². The summed E-state index contributed by atoms with van der Waals surface area (Å²) in [4.78, 5) is 15.0. The first-order chi connectivity index (χ1) is 13.0. The van der Waals surface area contributed by atoms with E-state index < -0.39 is 0 Å². The first kappa shape index (κ1) is 19.2. The van der Waals surface area contributed by atoms with Gasteiger partial charge in [0.25, 0.3) is 0 Å². The third-order valence-electron chi connectivity index (χ3n) is 5.25. The molecule has 142 valence electrons. The Morgan fingerprint density at radius 1 is 1.07 bits per heavy atom. The number of aromatic hydroxyl groups is 1. The molecule has 2 aromatic rings. The minimum Gasteiger partial charge on any atom is -0.508 e. The molecule has 0 spiro atoms. The van der Waals surface area contributed by atoms with Crippen LogP contribution < -0.4 is 5.32 Å². The normalized spacial score (nSPS) is 16.1. The summed E-state index contributed by atoms with van der Waals surface area (Å²) in [6.07, 6.45) is 3.08. The molecular weight excluding hydrogens is 336 g/mol. The number of hydrogen-bond acceptors (Lipinski definition) is 3. The number of benzene rings is 2. The topological polar surface area (TPSA) is 52.6 Å². The third kappa shape index (κ3) is 4.58. The molecule has 1 unspecified atom stereocenters. The fraction of sp³-hybridized carbons (Fsp3) is 0.348. The first-order valence-corrected chi connectivity index (χ1v) is 9.58. The summed E-state index contributed by atoms with van der Waals surface area (Å²) in [5.41, 5.74) is 4.47. The maximum absolute atomic E-state index is 12.8. The molecule has 1 atom stereocenters. The van der Waals surface area contributed by atoms with Crippen LogP contribution in [-0.4, -0.2) is 35.0 Å². The second-order valence-corrected chi connectivity index (χ2v) is 7.43. The van der Waals surface area contributed by atoms with Crippen LogP contribution in [0, 0.1) is 0 Å². The fourth-order valence-corrected chi connectivity index (χ4v) is 3.49. The number of anilines is 1. The van der Waals surface area contributed by atoms with Crippen LogP contribution in [0.4, 0.5) is 5.69 Å². The van der Waals surface area contributed by atoms with Crippen molar-refractivity contribution in [2.75, 3.05) is 18.4 Å². The largest absolute Gasteiger partial charge is 0.508 e. The zero-order valence-corrected chi connectivity index (χ0v) is 16.3. The van der Waals surface area contributed by atoms with E-state index in [2.05, 4.69) is 36.2 Å². The van der Waals surface area contributed by atoms with Crippen LogP contribution >= 0.6 is 0 Å². The summed E-state index contributed by atoms with van der Waals surface area (Å²) in [5, 5.41) is 12.5. The number of phenols is 1. The van der Waals surface area contributed by atoms with Crippen molar-refractivity contribution >= 4 is 17.2 Å². The molecule has 3 rings (SSSR count). The predicted octanol–water partition coefficient (Wildman–Crippen LogP) is 4.63. The lowest BCUT2D eigenvalue weighted by atomic mass is 9.98. The maximum Gasteiger partial charge on any atom is 0.241 e. The molecule has 0 fully saturated rings. The van der Waals surface area contributed by atoms with Crippen molar-refractivity contribution < 1.29 is 9.90 Å². The minimum absolute atomic E-state index is 0.0320. The van der Waals surface area contributed by atoms with Gasteiger partial charge in [0.2, 0.25) is 5.91 Å². The lowest BCUT2D eigenvalue weighted by molar-refractivity contribution is -0.120. The molecule has 0 aromatic heterocycles. The van der Waals surface area contributed by atoms with Gasteiger partial charge in [-0.1, -0.05) is 50.3 Å². The Morgan fingerprint density at radius 3 is 2.41 bits per heavy atom. The SMILES string of the molecule is CC(C)c1ccccc1NC(=O)C(C)N1CC=C(c2ccc(O)cc2)CC1. The summed E-state index contributed by atoms with van der Waals surface area (Å²) in [5.74, 6) is 0.677. The molecule has 4 nitrogen and oxygen atoms in total. The van der Waals surface area contributed by atoms with Crippen molar-refractivity contribution in [2.24, 2.45) is 0 Å². The standard InChI is InChI=1S/C23H28N2O2/c1-16(2)21-6-4-5-7-22(21)24-23(27)17(3)25-14-12-19(13-15-25)18-8-10-20(26)11-9-18/h4-12,16-17,26H,13-15H2,1-3H3,(H,24,27). The molecule has 27 heavy (non-hydrogen) atoms. The van der Waals surface area contributed by atoms with E-state index in [9.17, 15) is 9.90 Å². The van der Waals surface area contributed by atoms with Crippen LogP contribution in [0.3, 0.4) is 0 Å². The Hall–Kier alpha value is -2.59. The number of carbonyl (C=O) groups is 1. The highest BCUT2D eigenvalue weighted by molar-refractivity contribution is 5.95. The first-order valence-electron chi connectivity index (χ1n) is 9.58. The highest BCUT2D eigenvalue weighted by Gasteiger charge is 2.24. The molecular formula is C23H28N2O2. The van der Waals surface area contributed by atoms with Gasteiger partial charge >= 0.3 is 0 Å². The maximum atomic E-state index is 12.8. The van der Waals surface area contributed by atoms with Gasteiger partial charge in [-0.05, 0) is 54.2 Å². The van der Waals surface area contributed by atoms with Gasteiger partial charge in [-0.2, -0.15) is 0 Å². The number of nitrogens with zero attached hydrogens (tertiary/aromatic N) is 1. The van der Waals surface area contributed by atoms with Gasteiger partial charge in [0, 0.05) is 18.8 Å². The number of phenolic OH excluding ortho intramolecular Hbond substituents is 1. The third-order valence-corrected chi connectivity index (χ3v) is 5.25. The van der Waals surface area contributed by atoms with Gasteiger partial charge in [0.15, 0.2) is 0 Å². The molecule has 1 heterocycles. The number of carbonyl (C=O) groups excluding carboxylic acids is 1. The molecule has 0 saturated carbocycles. The van der Waals surface area contributed by atoms with E-state index in [4.69, 9.17) is 0 Å². The number of nitrogens with one attached hydrogen (secondary N) is 1. The molecule has 2 N–H and O–H groups in total. The Bertz CT molecular complexity index is 825. The summed E-state index contributed by atoms with van der Waals surface area (Å²) >= 11 is 0. The number of amides is 1. The number of rotatable bonds is 5. The van der Waals surface area contributed by atoms with Gasteiger partial charge in [-0.15, -0.1) is 0 Å². The van der Waals surface area contributed by atoms with Crippen LogP contribution in [0.25, 0.3) is 5.57 Å². The molecule has 0 radical (unpaired) electrons. The van der Waals surface area contributed by atoms with Crippen molar-refractivity contribution in [1.82, 2.24) is 4.90 Å². The Kier molecular flexibility index (Phi) is 5.97. The van der Waals surface area contributed by atoms with Crippen LogP contribution in [0.1, 0.15) is 44.2 Å². The monoisotopic (exact) mass is 364 g/mol. The van der Waals surface area contributed by atoms with E-state index in [-0.39, 0.29) is 17.7 Å². The van der Waals surface area contributed by atoms with Crippen LogP contribution in [0.2, 0.25) is 0 Å². The molecule has 1 aliphatic rings. The quantitative estimate of drug-likeness (QED) is 0.813. The zero-order chi connectivity index (χ0) is 19.4. The average molecular weight is 364 g/mol. The highest BCUT2D eigenvalue weighted by atomic mass is 16.3. The van der Waals surface area contributed by atoms with E-state index in [1.54, 1.807) is 12.1 Å². The van der Waals surface area contributed by atoms with Crippen molar-refractivity contribution in [1.29, 1.82) is 0 Å². The smallest absolute Gasteiger partial charge is 0.241 e. The molecule has 2 aromatic carbocycles. The fourth-order valence-electron chi connectivity index (χ4n) is 3.49. The lowest BCUT2D eigenvalue weighted by Crippen LogP contribution is -2.44. The van der Waals surface area contributed by atoms with Crippen molar-refractivity contribution in [3.63, 3.8) is 0 Å². The van der Waals surface area contributed by atoms with Gasteiger partial charge in [0.1, 0.15) is 5.75 Å². The van der Waals surface area contributed by atoms with Crippen molar-refractivity contribution in [3.05, 3.63) is 65.7 Å². The van der Waals surface area contributed by atoms with Crippen LogP contribution in [-0.2, 0) is 4.79 Å². The van der Waals surface area contributed by atoms with Gasteiger partial charge in [-0.3, -0.25) is 9.69 Å². The highest BCUT2D eigenvalue weighted by Crippen LogP contribution is 2.26. The van der Waals surface area contributed by atoms with Gasteiger partial charge in [0.05, 0.1) is 6.04 Å². The van der Waals surface area contributed by atoms with E-state index in [1.165, 1.54) is 5.57 Å². The van der Waals surface area contributed by atoms with E-state index in [0.717, 1.165) is 36.3 Å². The Labute approximate surface area is 161 Å². The predicted molar refractivity (Wildman–Crippen MR) is 111 cm³/mol. The Balaban J connectivity index is 1.64. The Morgan fingerprint density at radius 2 is 1.78 bits per heavy atom. The van der Waals surface area contributed by atoms with Gasteiger partial charge < -0.3 is 10.4 Å². The van der Waals surface area contributed by atoms with Gasteiger partial charge in [-0.25, -0.2) is 0 Å². The molecule has 0 saturated heterocycles. The lowest BCUT2D eigenvalue weighted by Gasteiger charge is -2.31. The molecule has 1 amide bonds. The van der Waals surface area contributed by atoms with E-state index in [1.807, 2.05) is 37.3 Å². The summed E-state index contributed by atoms with van der Waals surface area (Å²) in [6.45, 7) is 7.82. The summed E-state index contributed by atoms with van der Waals surface area (Å²) in [7, 11) is 0. The molecule has 0 bridgehead atoms. The number of hydrogen-bond donors (Lipinski definition) is 2. The molecule has 4 heteroatoms. The average Bonchev–Trinajstić information content (AvgIpc) is 2.68. The zero-order valence-electron chi connectivity index (χ0n) is 16.3. The molecule has 0 aliphatic carbocycles. The minimum atomic E-state index is -0.192.